The zero-order valence-corrected chi connectivity index (χ0v) is 12.2. The number of Topliss-reactive ketones (excluding diaryl/α,β-unsaturated/α-hetero) is 2. The van der Waals surface area contributed by atoms with Crippen LogP contribution in [0.4, 0.5) is 0 Å². The van der Waals surface area contributed by atoms with E-state index in [1.165, 1.54) is 0 Å². The number of hydrogen-bond acceptors (Lipinski definition) is 3. The summed E-state index contributed by atoms with van der Waals surface area (Å²) in [5, 5.41) is 0. The van der Waals surface area contributed by atoms with Crippen LogP contribution in [0.5, 0.6) is 0 Å². The quantitative estimate of drug-likeness (QED) is 0.790. The van der Waals surface area contributed by atoms with Crippen LogP contribution in [0.1, 0.15) is 62.3 Å². The number of benzene rings is 2. The Bertz CT molecular complexity index is 745. The zero-order valence-electron chi connectivity index (χ0n) is 12.2. The third kappa shape index (κ3) is 2.62. The lowest BCUT2D eigenvalue weighted by Gasteiger charge is -2.15. The van der Waals surface area contributed by atoms with Crippen molar-refractivity contribution in [2.24, 2.45) is 0 Å². The van der Waals surface area contributed by atoms with Crippen LogP contribution in [-0.2, 0) is 0 Å². The van der Waals surface area contributed by atoms with Gasteiger partial charge >= 0.3 is 0 Å². The van der Waals surface area contributed by atoms with Crippen molar-refractivity contribution in [1.29, 1.82) is 0 Å². The molecule has 0 atom stereocenters. The maximum atomic E-state index is 12.7. The van der Waals surface area contributed by atoms with Crippen LogP contribution < -0.4 is 0 Å². The predicted octanol–water partition coefficient (Wildman–Crippen LogP) is 3.86. The van der Waals surface area contributed by atoms with Gasteiger partial charge in [-0.05, 0) is 12.8 Å². The molecule has 3 rings (SSSR count). The molecule has 0 fully saturated rings. The first-order chi connectivity index (χ1) is 10.7. The highest BCUT2D eigenvalue weighted by Crippen LogP contribution is 2.25. The van der Waals surface area contributed by atoms with E-state index in [9.17, 15) is 14.4 Å². The Labute approximate surface area is 129 Å². The first-order valence-corrected chi connectivity index (χ1v) is 7.47. The number of fused-ring (bicyclic) bond motifs is 1. The van der Waals surface area contributed by atoms with Gasteiger partial charge in [-0.25, -0.2) is 0 Å². The van der Waals surface area contributed by atoms with Crippen LogP contribution in [0, 0.1) is 0 Å². The SMILES string of the molecule is O=C1CCCCC(=O)c2c1cccc2C(=O)c1ccccc1. The molecule has 1 aliphatic carbocycles. The smallest absolute Gasteiger partial charge is 0.193 e. The molecule has 0 saturated carbocycles. The molecule has 110 valence electrons. The van der Waals surface area contributed by atoms with E-state index in [4.69, 9.17) is 0 Å². The summed E-state index contributed by atoms with van der Waals surface area (Å²) in [7, 11) is 0. The van der Waals surface area contributed by atoms with Crippen molar-refractivity contribution in [1.82, 2.24) is 0 Å². The fourth-order valence-corrected chi connectivity index (χ4v) is 2.85. The summed E-state index contributed by atoms with van der Waals surface area (Å²) >= 11 is 0. The minimum atomic E-state index is -0.209. The second-order valence-corrected chi connectivity index (χ2v) is 5.48. The summed E-state index contributed by atoms with van der Waals surface area (Å²) in [5.41, 5.74) is 1.56. The van der Waals surface area contributed by atoms with Gasteiger partial charge in [0.15, 0.2) is 17.3 Å². The van der Waals surface area contributed by atoms with Crippen molar-refractivity contribution in [3.63, 3.8) is 0 Å². The first-order valence-electron chi connectivity index (χ1n) is 7.47. The molecule has 22 heavy (non-hydrogen) atoms. The molecule has 0 bridgehead atoms. The molecule has 3 nitrogen and oxygen atoms in total. The van der Waals surface area contributed by atoms with Gasteiger partial charge in [0.25, 0.3) is 0 Å². The van der Waals surface area contributed by atoms with E-state index in [1.54, 1.807) is 42.5 Å². The molecule has 0 radical (unpaired) electrons. The number of hydrogen-bond donors (Lipinski definition) is 0. The zero-order chi connectivity index (χ0) is 15.5. The second-order valence-electron chi connectivity index (χ2n) is 5.48. The normalized spacial score (nSPS) is 14.9. The Hall–Kier alpha value is -2.55. The molecule has 2 aromatic carbocycles. The summed E-state index contributed by atoms with van der Waals surface area (Å²) in [4.78, 5) is 37.4. The Balaban J connectivity index is 2.15. The monoisotopic (exact) mass is 292 g/mol. The Morgan fingerprint density at radius 1 is 0.773 bits per heavy atom. The van der Waals surface area contributed by atoms with Gasteiger partial charge in [0.05, 0.1) is 0 Å². The van der Waals surface area contributed by atoms with Gasteiger partial charge in [0.2, 0.25) is 0 Å². The number of rotatable bonds is 2. The topological polar surface area (TPSA) is 51.2 Å². The Kier molecular flexibility index (Phi) is 3.96. The van der Waals surface area contributed by atoms with E-state index in [0.717, 1.165) is 6.42 Å². The van der Waals surface area contributed by atoms with Gasteiger partial charge in [-0.1, -0.05) is 48.5 Å². The minimum Gasteiger partial charge on any atom is -0.294 e. The lowest BCUT2D eigenvalue weighted by atomic mass is 9.86. The van der Waals surface area contributed by atoms with Gasteiger partial charge in [-0.2, -0.15) is 0 Å². The maximum absolute atomic E-state index is 12.7. The van der Waals surface area contributed by atoms with Crippen LogP contribution in [0.2, 0.25) is 0 Å². The van der Waals surface area contributed by atoms with E-state index in [2.05, 4.69) is 0 Å². The molecular weight excluding hydrogens is 276 g/mol. The highest BCUT2D eigenvalue weighted by molar-refractivity contribution is 6.19. The van der Waals surface area contributed by atoms with E-state index >= 15 is 0 Å². The summed E-state index contributed by atoms with van der Waals surface area (Å²) in [6, 6.07) is 13.8. The molecule has 0 heterocycles. The first kappa shape index (κ1) is 14.4. The number of carbonyl (C=O) groups excluding carboxylic acids is 3. The Morgan fingerprint density at radius 2 is 1.45 bits per heavy atom. The van der Waals surface area contributed by atoms with Crippen LogP contribution in [0.25, 0.3) is 0 Å². The average molecular weight is 292 g/mol. The fraction of sp³-hybridized carbons (Fsp3) is 0.211. The van der Waals surface area contributed by atoms with E-state index in [0.29, 0.717) is 41.5 Å². The molecular formula is C19H16O3. The molecule has 3 heteroatoms. The lowest BCUT2D eigenvalue weighted by Crippen LogP contribution is -2.18. The summed E-state index contributed by atoms with van der Waals surface area (Å²) in [6.07, 6.45) is 2.24. The third-order valence-electron chi connectivity index (χ3n) is 3.98. The predicted molar refractivity (Wildman–Crippen MR) is 83.4 cm³/mol. The van der Waals surface area contributed by atoms with Crippen LogP contribution in [0.15, 0.2) is 48.5 Å². The average Bonchev–Trinajstić information content (AvgIpc) is 2.56. The minimum absolute atomic E-state index is 0.0502. The molecule has 0 saturated heterocycles. The van der Waals surface area contributed by atoms with Crippen LogP contribution in [0.3, 0.4) is 0 Å². The molecule has 0 aliphatic heterocycles. The largest absolute Gasteiger partial charge is 0.294 e. The molecule has 1 aliphatic rings. The molecule has 0 N–H and O–H groups in total. The van der Waals surface area contributed by atoms with Crippen molar-refractivity contribution in [2.75, 3.05) is 0 Å². The molecule has 0 unspecified atom stereocenters. The molecule has 0 amide bonds. The third-order valence-corrected chi connectivity index (χ3v) is 3.98. The number of ketones is 3. The summed E-state index contributed by atoms with van der Waals surface area (Å²) < 4.78 is 0. The van der Waals surface area contributed by atoms with Gasteiger partial charge in [0.1, 0.15) is 0 Å². The number of carbonyl (C=O) groups is 3. The van der Waals surface area contributed by atoms with Gasteiger partial charge in [-0.3, -0.25) is 14.4 Å². The van der Waals surface area contributed by atoms with Crippen LogP contribution >= 0.6 is 0 Å². The highest BCUT2D eigenvalue weighted by Gasteiger charge is 2.25. The van der Waals surface area contributed by atoms with Gasteiger partial charge in [-0.15, -0.1) is 0 Å². The van der Waals surface area contributed by atoms with Crippen LogP contribution in [-0.4, -0.2) is 17.3 Å². The maximum Gasteiger partial charge on any atom is 0.193 e. The highest BCUT2D eigenvalue weighted by atomic mass is 16.1. The van der Waals surface area contributed by atoms with Gasteiger partial charge < -0.3 is 0 Å². The van der Waals surface area contributed by atoms with E-state index < -0.39 is 0 Å². The Morgan fingerprint density at radius 3 is 2.18 bits per heavy atom. The van der Waals surface area contributed by atoms with Crippen molar-refractivity contribution >= 4 is 17.3 Å². The molecule has 2 aromatic rings. The molecule has 0 spiro atoms. The van der Waals surface area contributed by atoms with Crippen molar-refractivity contribution < 1.29 is 14.4 Å². The second kappa shape index (κ2) is 6.06. The summed E-state index contributed by atoms with van der Waals surface area (Å²) in [6.45, 7) is 0. The fourth-order valence-electron chi connectivity index (χ4n) is 2.85. The van der Waals surface area contributed by atoms with Crippen molar-refractivity contribution in [3.8, 4) is 0 Å². The van der Waals surface area contributed by atoms with Crippen molar-refractivity contribution in [3.05, 3.63) is 70.8 Å². The van der Waals surface area contributed by atoms with Crippen molar-refractivity contribution in [2.45, 2.75) is 25.7 Å². The lowest BCUT2D eigenvalue weighted by molar-refractivity contribution is 0.0924. The standard InChI is InChI=1S/C19H16O3/c20-16-11-4-5-12-17(21)18-14(16)9-6-10-15(18)19(22)13-7-2-1-3-8-13/h1-3,6-10H,4-5,11-12H2. The summed E-state index contributed by atoms with van der Waals surface area (Å²) in [5.74, 6) is -0.368. The van der Waals surface area contributed by atoms with Gasteiger partial charge in [0, 0.05) is 35.1 Å². The van der Waals surface area contributed by atoms with E-state index in [-0.39, 0.29) is 17.3 Å². The van der Waals surface area contributed by atoms with E-state index in [1.807, 2.05) is 6.07 Å². The molecule has 0 aromatic heterocycles.